The van der Waals surface area contributed by atoms with E-state index in [1.807, 2.05) is 0 Å². The van der Waals surface area contributed by atoms with Crippen molar-refractivity contribution in [3.05, 3.63) is 80.1 Å². The van der Waals surface area contributed by atoms with Gasteiger partial charge in [0.1, 0.15) is 5.82 Å². The Bertz CT molecular complexity index is 951. The van der Waals surface area contributed by atoms with Crippen molar-refractivity contribution in [3.8, 4) is 11.8 Å². The summed E-state index contributed by atoms with van der Waals surface area (Å²) in [7, 11) is 0. The molecule has 0 unspecified atom stereocenters. The standard InChI is InChI=1S/C15H9FN4O3/c16-8-3-1-7(2-4-8)9-10-12(21)17-5-19-14(10)23-15-11(9)13(22)18-6-20-15/h1-6,9H,(H,17,19,21)(H,18,20,22). The zero-order valence-electron chi connectivity index (χ0n) is 11.5. The van der Waals surface area contributed by atoms with E-state index in [4.69, 9.17) is 4.74 Å². The second-order valence-corrected chi connectivity index (χ2v) is 4.99. The number of nitrogens with zero attached hydrogens (tertiary/aromatic N) is 2. The Balaban J connectivity index is 2.06. The molecule has 2 aromatic heterocycles. The molecule has 0 spiro atoms. The fourth-order valence-electron chi connectivity index (χ4n) is 2.68. The average molecular weight is 312 g/mol. The molecule has 0 bridgehead atoms. The minimum atomic E-state index is -0.746. The third-order valence-corrected chi connectivity index (χ3v) is 3.68. The maximum absolute atomic E-state index is 13.2. The molecule has 0 saturated heterocycles. The van der Waals surface area contributed by atoms with Crippen LogP contribution in [0.3, 0.4) is 0 Å². The van der Waals surface area contributed by atoms with Gasteiger partial charge in [-0.25, -0.2) is 14.4 Å². The number of rotatable bonds is 1. The number of nitrogens with one attached hydrogen (secondary N) is 2. The van der Waals surface area contributed by atoms with Crippen LogP contribution < -0.4 is 15.9 Å². The van der Waals surface area contributed by atoms with E-state index in [-0.39, 0.29) is 22.9 Å². The summed E-state index contributed by atoms with van der Waals surface area (Å²) in [6.45, 7) is 0. The Morgan fingerprint density at radius 3 is 1.96 bits per heavy atom. The van der Waals surface area contributed by atoms with Crippen molar-refractivity contribution in [2.75, 3.05) is 0 Å². The number of hydrogen-bond acceptors (Lipinski definition) is 5. The van der Waals surface area contributed by atoms with E-state index in [0.29, 0.717) is 5.56 Å². The van der Waals surface area contributed by atoms with Crippen molar-refractivity contribution in [1.82, 2.24) is 19.9 Å². The van der Waals surface area contributed by atoms with Crippen molar-refractivity contribution in [1.29, 1.82) is 0 Å². The quantitative estimate of drug-likeness (QED) is 0.551. The fraction of sp³-hybridized carbons (Fsp3) is 0.0667. The number of H-pyrrole nitrogens is 2. The highest BCUT2D eigenvalue weighted by molar-refractivity contribution is 5.52. The number of aromatic nitrogens is 4. The second kappa shape index (κ2) is 4.87. The number of fused-ring (bicyclic) bond motifs is 2. The van der Waals surface area contributed by atoms with Crippen LogP contribution in [0.25, 0.3) is 0 Å². The Morgan fingerprint density at radius 2 is 1.43 bits per heavy atom. The molecular weight excluding hydrogens is 303 g/mol. The SMILES string of the molecule is O=c1[nH]cnc2c1C(c1ccc(F)cc1)c1c(nc[nH]c1=O)O2. The van der Waals surface area contributed by atoms with E-state index in [1.54, 1.807) is 0 Å². The highest BCUT2D eigenvalue weighted by Crippen LogP contribution is 2.41. The van der Waals surface area contributed by atoms with Crippen LogP contribution >= 0.6 is 0 Å². The van der Waals surface area contributed by atoms with Crippen molar-refractivity contribution in [2.24, 2.45) is 0 Å². The highest BCUT2D eigenvalue weighted by atomic mass is 19.1. The molecule has 23 heavy (non-hydrogen) atoms. The zero-order valence-corrected chi connectivity index (χ0v) is 11.5. The van der Waals surface area contributed by atoms with Gasteiger partial charge in [-0.2, -0.15) is 0 Å². The summed E-state index contributed by atoms with van der Waals surface area (Å²) in [6, 6.07) is 5.55. The van der Waals surface area contributed by atoms with Gasteiger partial charge < -0.3 is 14.7 Å². The van der Waals surface area contributed by atoms with Crippen LogP contribution in [-0.4, -0.2) is 19.9 Å². The molecule has 114 valence electrons. The Morgan fingerprint density at radius 1 is 0.913 bits per heavy atom. The molecule has 4 rings (SSSR count). The van der Waals surface area contributed by atoms with Gasteiger partial charge in [0.2, 0.25) is 11.8 Å². The Labute approximate surface area is 127 Å². The van der Waals surface area contributed by atoms with E-state index >= 15 is 0 Å². The molecule has 1 aromatic carbocycles. The predicted octanol–water partition coefficient (Wildman–Crippen LogP) is 1.28. The molecular formula is C15H9FN4O3. The first-order valence-corrected chi connectivity index (χ1v) is 6.73. The summed E-state index contributed by atoms with van der Waals surface area (Å²) in [5, 5.41) is 0. The van der Waals surface area contributed by atoms with Gasteiger partial charge in [0.15, 0.2) is 0 Å². The van der Waals surface area contributed by atoms with Crippen LogP contribution in [0, 0.1) is 5.82 Å². The van der Waals surface area contributed by atoms with Gasteiger partial charge in [0.25, 0.3) is 11.1 Å². The van der Waals surface area contributed by atoms with E-state index in [9.17, 15) is 14.0 Å². The lowest BCUT2D eigenvalue weighted by atomic mass is 9.86. The van der Waals surface area contributed by atoms with Gasteiger partial charge in [-0.05, 0) is 17.7 Å². The minimum Gasteiger partial charge on any atom is -0.419 e. The Kier molecular flexibility index (Phi) is 2.83. The van der Waals surface area contributed by atoms with E-state index < -0.39 is 22.9 Å². The topological polar surface area (TPSA) is 101 Å². The predicted molar refractivity (Wildman–Crippen MR) is 77.1 cm³/mol. The maximum Gasteiger partial charge on any atom is 0.258 e. The molecule has 3 heterocycles. The van der Waals surface area contributed by atoms with Gasteiger partial charge in [0.05, 0.1) is 29.7 Å². The second-order valence-electron chi connectivity index (χ2n) is 4.99. The summed E-state index contributed by atoms with van der Waals surface area (Å²) in [4.78, 5) is 37.4. The lowest BCUT2D eigenvalue weighted by Gasteiger charge is -2.24. The normalized spacial score (nSPS) is 13.1. The lowest BCUT2D eigenvalue weighted by molar-refractivity contribution is 0.409. The molecule has 0 atom stereocenters. The largest absolute Gasteiger partial charge is 0.419 e. The number of halogens is 1. The van der Waals surface area contributed by atoms with Crippen molar-refractivity contribution in [2.45, 2.75) is 5.92 Å². The first kappa shape index (κ1) is 13.4. The van der Waals surface area contributed by atoms with Crippen LogP contribution in [0.4, 0.5) is 4.39 Å². The number of ether oxygens (including phenoxy) is 1. The minimum absolute atomic E-state index is 0.0775. The first-order valence-electron chi connectivity index (χ1n) is 6.73. The van der Waals surface area contributed by atoms with Crippen LogP contribution in [0.1, 0.15) is 22.6 Å². The van der Waals surface area contributed by atoms with E-state index in [0.717, 1.165) is 0 Å². The lowest BCUT2D eigenvalue weighted by Crippen LogP contribution is -2.29. The average Bonchev–Trinajstić information content (AvgIpc) is 2.54. The van der Waals surface area contributed by atoms with E-state index in [1.165, 1.54) is 36.9 Å². The van der Waals surface area contributed by atoms with Gasteiger partial charge in [0, 0.05) is 0 Å². The molecule has 7 nitrogen and oxygen atoms in total. The molecule has 0 aliphatic carbocycles. The van der Waals surface area contributed by atoms with Crippen molar-refractivity contribution in [3.63, 3.8) is 0 Å². The smallest absolute Gasteiger partial charge is 0.258 e. The molecule has 2 N–H and O–H groups in total. The highest BCUT2D eigenvalue weighted by Gasteiger charge is 2.35. The monoisotopic (exact) mass is 312 g/mol. The van der Waals surface area contributed by atoms with Crippen molar-refractivity contribution >= 4 is 0 Å². The number of hydrogen-bond donors (Lipinski definition) is 2. The van der Waals surface area contributed by atoms with Crippen LogP contribution in [-0.2, 0) is 0 Å². The molecule has 0 amide bonds. The third kappa shape index (κ3) is 2.03. The summed E-state index contributed by atoms with van der Waals surface area (Å²) in [6.07, 6.45) is 2.42. The Hall–Kier alpha value is -3.29. The molecule has 8 heteroatoms. The zero-order chi connectivity index (χ0) is 16.0. The van der Waals surface area contributed by atoms with E-state index in [2.05, 4.69) is 19.9 Å². The number of aromatic amines is 2. The fourth-order valence-corrected chi connectivity index (χ4v) is 2.68. The summed E-state index contributed by atoms with van der Waals surface area (Å²) < 4.78 is 18.7. The molecule has 1 aliphatic heterocycles. The molecule has 1 aliphatic rings. The molecule has 0 radical (unpaired) electrons. The van der Waals surface area contributed by atoms with Crippen LogP contribution in [0.5, 0.6) is 11.8 Å². The van der Waals surface area contributed by atoms with Gasteiger partial charge in [-0.1, -0.05) is 12.1 Å². The third-order valence-electron chi connectivity index (χ3n) is 3.68. The summed E-state index contributed by atoms with van der Waals surface area (Å²) in [5.41, 5.74) is 0.0703. The van der Waals surface area contributed by atoms with Gasteiger partial charge >= 0.3 is 0 Å². The van der Waals surface area contributed by atoms with Crippen LogP contribution in [0.2, 0.25) is 0 Å². The first-order chi connectivity index (χ1) is 11.1. The van der Waals surface area contributed by atoms with Gasteiger partial charge in [-0.15, -0.1) is 0 Å². The van der Waals surface area contributed by atoms with Crippen LogP contribution in [0.15, 0.2) is 46.5 Å². The number of benzene rings is 1. The van der Waals surface area contributed by atoms with Gasteiger partial charge in [-0.3, -0.25) is 9.59 Å². The van der Waals surface area contributed by atoms with Crippen molar-refractivity contribution < 1.29 is 9.13 Å². The molecule has 0 fully saturated rings. The summed E-state index contributed by atoms with van der Waals surface area (Å²) >= 11 is 0. The maximum atomic E-state index is 13.2. The summed E-state index contributed by atoms with van der Waals surface area (Å²) in [5.74, 6) is -1.01. The molecule has 3 aromatic rings. The molecule has 0 saturated carbocycles.